The Morgan fingerprint density at radius 2 is 1.09 bits per heavy atom. The average Bonchev–Trinajstić information content (AvgIpc) is 3.83. The molecule has 0 bridgehead atoms. The summed E-state index contributed by atoms with van der Waals surface area (Å²) in [5.74, 6) is 1.45. The van der Waals surface area contributed by atoms with Crippen LogP contribution < -0.4 is 0 Å². The zero-order valence-corrected chi connectivity index (χ0v) is 54.5. The minimum atomic E-state index is -0.238. The molecule has 0 aromatic rings. The number of carbonyl (C=O) groups excluding carboxylic acids is 4. The molecule has 1 heterocycles. The molecule has 1 aliphatic rings. The topological polar surface area (TPSA) is 90.0 Å². The third-order valence-corrected chi connectivity index (χ3v) is 16.7. The third-order valence-electron chi connectivity index (χ3n) is 16.7. The molecule has 0 spiro atoms. The third kappa shape index (κ3) is 47.8. The van der Waals surface area contributed by atoms with E-state index in [1.54, 1.807) is 13.0 Å². The van der Waals surface area contributed by atoms with Crippen molar-refractivity contribution in [3.05, 3.63) is 37.5 Å². The van der Waals surface area contributed by atoms with Gasteiger partial charge in [-0.3, -0.25) is 24.1 Å². The molecule has 0 amide bonds. The quantitative estimate of drug-likeness (QED) is 0.0197. The largest absolute Gasteiger partial charge is 0.462 e. The molecule has 7 nitrogen and oxygen atoms in total. The van der Waals surface area contributed by atoms with E-state index in [4.69, 9.17) is 9.47 Å². The number of ether oxygens (including phenoxy) is 2. The molecule has 1 saturated heterocycles. The molecule has 1 unspecified atom stereocenters. The van der Waals surface area contributed by atoms with Gasteiger partial charge < -0.3 is 9.47 Å². The molecule has 0 N–H and O–H groups in total. The van der Waals surface area contributed by atoms with E-state index in [-0.39, 0.29) is 53.1 Å². The molecule has 7 heteroatoms. The van der Waals surface area contributed by atoms with Crippen molar-refractivity contribution in [3.63, 3.8) is 0 Å². The van der Waals surface area contributed by atoms with E-state index in [2.05, 4.69) is 58.8 Å². The monoisotopic (exact) mass is 1110 g/mol. The normalized spacial score (nSPS) is 15.0. The van der Waals surface area contributed by atoms with Gasteiger partial charge in [-0.2, -0.15) is 0 Å². The Hall–Kier alpha value is -2.38. The van der Waals surface area contributed by atoms with Gasteiger partial charge in [-0.1, -0.05) is 247 Å². The highest BCUT2D eigenvalue weighted by Gasteiger charge is 2.31. The van der Waals surface area contributed by atoms with E-state index in [1.165, 1.54) is 148 Å². The first-order chi connectivity index (χ1) is 38.3. The summed E-state index contributed by atoms with van der Waals surface area (Å²) in [5, 5.41) is 0. The summed E-state index contributed by atoms with van der Waals surface area (Å²) in [4.78, 5) is 53.1. The molecular weight excluding hydrogens is 975 g/mol. The Labute approximate surface area is 492 Å². The molecule has 0 aromatic heterocycles. The number of likely N-dealkylation sites (tertiary alicyclic amines) is 1. The molecule has 0 radical (unpaired) electrons. The van der Waals surface area contributed by atoms with Crippen LogP contribution in [-0.2, 0) is 28.7 Å². The van der Waals surface area contributed by atoms with E-state index in [0.29, 0.717) is 19.1 Å². The van der Waals surface area contributed by atoms with Crippen molar-refractivity contribution in [1.29, 1.82) is 0 Å². The van der Waals surface area contributed by atoms with Gasteiger partial charge in [0.25, 0.3) is 0 Å². The summed E-state index contributed by atoms with van der Waals surface area (Å²) in [6, 6.07) is 0.313. The molecular formula is C72H135NO6. The summed E-state index contributed by atoms with van der Waals surface area (Å²) in [7, 11) is 0. The Balaban J connectivity index is 0. The van der Waals surface area contributed by atoms with Crippen molar-refractivity contribution in [3.8, 4) is 0 Å². The second kappa shape index (κ2) is 57.4. The van der Waals surface area contributed by atoms with E-state index in [9.17, 15) is 19.2 Å². The summed E-state index contributed by atoms with van der Waals surface area (Å²) < 4.78 is 12.3. The van der Waals surface area contributed by atoms with Crippen LogP contribution >= 0.6 is 0 Å². The molecule has 1 aliphatic heterocycles. The van der Waals surface area contributed by atoms with Gasteiger partial charge in [0.15, 0.2) is 5.78 Å². The predicted octanol–water partition coefficient (Wildman–Crippen LogP) is 21.6. The van der Waals surface area contributed by atoms with Crippen molar-refractivity contribution in [2.45, 2.75) is 351 Å². The lowest BCUT2D eigenvalue weighted by molar-refractivity contribution is -0.150. The molecule has 0 saturated carbocycles. The van der Waals surface area contributed by atoms with Crippen LogP contribution in [-0.4, -0.2) is 66.7 Å². The Bertz CT molecular complexity index is 1430. The zero-order chi connectivity index (χ0) is 59.0. The van der Waals surface area contributed by atoms with Crippen LogP contribution in [0.1, 0.15) is 339 Å². The average molecular weight is 1110 g/mol. The molecule has 464 valence electrons. The SMILES string of the molecule is C=CCCC(CCC)C(=O)CC(=O)C=C[C@H]1C[C@@H](COCCCCCCCC(=O)OC(CCCCCCCC)CCCCCCCC)N(CCCCCCC(C)(C)C(C)=O)C1.C=CCCCC(CCCCC)CCCCC.CC. The fraction of sp³-hybridized carbons (Fsp3) is 0.861. The number of Topliss-reactive ketones (excluding diaryl/α,β-unsaturated/α-hetero) is 2. The number of esters is 1. The van der Waals surface area contributed by atoms with E-state index < -0.39 is 0 Å². The van der Waals surface area contributed by atoms with Gasteiger partial charge in [-0.15, -0.1) is 13.2 Å². The van der Waals surface area contributed by atoms with Crippen molar-refractivity contribution in [2.75, 3.05) is 26.3 Å². The number of carbonyl (C=O) groups is 4. The highest BCUT2D eigenvalue weighted by Crippen LogP contribution is 2.29. The first-order valence-corrected chi connectivity index (χ1v) is 34.3. The minimum Gasteiger partial charge on any atom is -0.462 e. The highest BCUT2D eigenvalue weighted by atomic mass is 16.5. The lowest BCUT2D eigenvalue weighted by atomic mass is 9.83. The Kier molecular flexibility index (Phi) is 57.2. The van der Waals surface area contributed by atoms with Crippen molar-refractivity contribution in [1.82, 2.24) is 4.90 Å². The van der Waals surface area contributed by atoms with Gasteiger partial charge in [0.05, 0.1) is 13.0 Å². The fourth-order valence-corrected chi connectivity index (χ4v) is 11.2. The lowest BCUT2D eigenvalue weighted by Gasteiger charge is -2.24. The molecule has 1 fully saturated rings. The second-order valence-electron chi connectivity index (χ2n) is 24.5. The second-order valence-corrected chi connectivity index (χ2v) is 24.5. The molecule has 79 heavy (non-hydrogen) atoms. The smallest absolute Gasteiger partial charge is 0.306 e. The van der Waals surface area contributed by atoms with E-state index in [1.807, 2.05) is 39.8 Å². The molecule has 3 atom stereocenters. The summed E-state index contributed by atoms with van der Waals surface area (Å²) in [5.41, 5.74) is -0.238. The van der Waals surface area contributed by atoms with Gasteiger partial charge in [-0.25, -0.2) is 0 Å². The van der Waals surface area contributed by atoms with E-state index in [0.717, 1.165) is 135 Å². The van der Waals surface area contributed by atoms with Crippen molar-refractivity contribution < 1.29 is 28.7 Å². The van der Waals surface area contributed by atoms with Crippen LogP contribution in [0.15, 0.2) is 37.5 Å². The number of ketones is 3. The number of rotatable bonds is 55. The summed E-state index contributed by atoms with van der Waals surface area (Å²) in [6.07, 6.45) is 55.7. The first kappa shape index (κ1) is 78.7. The maximum absolute atomic E-state index is 12.9. The standard InChI is InChI=1S/C54H97NO6.C16H32.C2H6/c1-8-12-15-17-20-26-34-51(35-27-21-18-16-13-9-2)61-53(59)36-28-22-19-25-31-41-60-45-49-42-47(37-38-50(57)43-52(58)48(32-11-4)33-14-10-3)44-55(49)40-30-24-23-29-39-54(6,7)46(5)56;1-4-7-10-13-16(14-11-8-5-2)15-12-9-6-3;1-2/h10,37-38,47-49,51H,3,8-9,11-36,39-45H2,1-2,4-7H3;4,16H,1,5-15H2,2-3H3;1-2H3/t47-,48?,49-;;/m0../s1. The number of allylic oxidation sites excluding steroid dienone is 3. The summed E-state index contributed by atoms with van der Waals surface area (Å²) in [6.45, 7) is 31.9. The number of hydrogen-bond acceptors (Lipinski definition) is 7. The van der Waals surface area contributed by atoms with Gasteiger partial charge in [0.1, 0.15) is 17.7 Å². The summed E-state index contributed by atoms with van der Waals surface area (Å²) >= 11 is 0. The predicted molar refractivity (Wildman–Crippen MR) is 344 cm³/mol. The van der Waals surface area contributed by atoms with Gasteiger partial charge in [0, 0.05) is 36.9 Å². The van der Waals surface area contributed by atoms with Crippen LogP contribution in [0.5, 0.6) is 0 Å². The number of unbranched alkanes of at least 4 members (excludes halogenated alkanes) is 22. The molecule has 0 aromatic carbocycles. The number of nitrogens with zero attached hydrogens (tertiary/aromatic N) is 1. The van der Waals surface area contributed by atoms with Crippen LogP contribution in [0.3, 0.4) is 0 Å². The van der Waals surface area contributed by atoms with Crippen LogP contribution in [0.2, 0.25) is 0 Å². The van der Waals surface area contributed by atoms with Crippen LogP contribution in [0, 0.1) is 23.2 Å². The Morgan fingerprint density at radius 1 is 0.582 bits per heavy atom. The maximum atomic E-state index is 12.9. The fourth-order valence-electron chi connectivity index (χ4n) is 11.2. The van der Waals surface area contributed by atoms with Crippen molar-refractivity contribution >= 4 is 23.3 Å². The first-order valence-electron chi connectivity index (χ1n) is 34.3. The van der Waals surface area contributed by atoms with Gasteiger partial charge in [-0.05, 0) is 121 Å². The number of hydrogen-bond donors (Lipinski definition) is 0. The zero-order valence-electron chi connectivity index (χ0n) is 54.5. The van der Waals surface area contributed by atoms with Gasteiger partial charge in [0.2, 0.25) is 0 Å². The minimum absolute atomic E-state index is 0.00536. The maximum Gasteiger partial charge on any atom is 0.306 e. The Morgan fingerprint density at radius 3 is 1.66 bits per heavy atom. The van der Waals surface area contributed by atoms with Crippen LogP contribution in [0.4, 0.5) is 0 Å². The highest BCUT2D eigenvalue weighted by molar-refractivity contribution is 6.05. The lowest BCUT2D eigenvalue weighted by Crippen LogP contribution is -2.34. The van der Waals surface area contributed by atoms with Gasteiger partial charge >= 0.3 is 5.97 Å². The molecule has 0 aliphatic carbocycles. The molecule has 1 rings (SSSR count). The van der Waals surface area contributed by atoms with Crippen molar-refractivity contribution in [2.24, 2.45) is 23.2 Å². The van der Waals surface area contributed by atoms with Crippen LogP contribution in [0.25, 0.3) is 0 Å². The van der Waals surface area contributed by atoms with E-state index >= 15 is 0 Å².